The van der Waals surface area contributed by atoms with Crippen LogP contribution in [0.25, 0.3) is 0 Å². The van der Waals surface area contributed by atoms with Gasteiger partial charge in [0.2, 0.25) is 0 Å². The van der Waals surface area contributed by atoms with Crippen LogP contribution in [0.4, 0.5) is 0 Å². The second kappa shape index (κ2) is 4.93. The summed E-state index contributed by atoms with van der Waals surface area (Å²) >= 11 is 0. The molecule has 1 aliphatic heterocycles. The van der Waals surface area contributed by atoms with E-state index in [1.54, 1.807) is 7.11 Å². The van der Waals surface area contributed by atoms with Crippen LogP contribution in [-0.4, -0.2) is 25.4 Å². The Bertz CT molecular complexity index is 423. The summed E-state index contributed by atoms with van der Waals surface area (Å²) in [6.07, 6.45) is 0.104. The molecule has 1 atom stereocenters. The highest BCUT2D eigenvalue weighted by atomic mass is 16.7. The highest BCUT2D eigenvalue weighted by Gasteiger charge is 2.51. The zero-order valence-electron chi connectivity index (χ0n) is 12.7. The lowest BCUT2D eigenvalue weighted by atomic mass is 9.78. The van der Waals surface area contributed by atoms with Crippen LogP contribution in [-0.2, 0) is 14.0 Å². The van der Waals surface area contributed by atoms with E-state index in [2.05, 4.69) is 39.8 Å². The normalized spacial score (nSPS) is 22.5. The Morgan fingerprint density at radius 2 is 1.47 bits per heavy atom. The highest BCUT2D eigenvalue weighted by Crippen LogP contribution is 2.36. The SMILES string of the molecule is CO[C@H](C)c1ccc(B2OC(C)(C)C(C)(C)O2)cc1. The van der Waals surface area contributed by atoms with E-state index >= 15 is 0 Å². The molecule has 1 saturated heterocycles. The Kier molecular flexibility index (Phi) is 3.78. The van der Waals surface area contributed by atoms with Gasteiger partial charge in [-0.2, -0.15) is 0 Å². The zero-order valence-corrected chi connectivity index (χ0v) is 12.7. The Balaban J connectivity index is 2.17. The molecule has 0 aliphatic carbocycles. The number of hydrogen-bond donors (Lipinski definition) is 0. The van der Waals surface area contributed by atoms with Crippen LogP contribution in [0.2, 0.25) is 0 Å². The number of methoxy groups -OCH3 is 1. The summed E-state index contributed by atoms with van der Waals surface area (Å²) in [5.74, 6) is 0. The summed E-state index contributed by atoms with van der Waals surface area (Å²) in [6.45, 7) is 10.3. The van der Waals surface area contributed by atoms with Crippen molar-refractivity contribution in [1.82, 2.24) is 0 Å². The van der Waals surface area contributed by atoms with Crippen molar-refractivity contribution in [3.05, 3.63) is 29.8 Å². The zero-order chi connectivity index (χ0) is 14.3. The summed E-state index contributed by atoms with van der Waals surface area (Å²) in [5, 5.41) is 0. The van der Waals surface area contributed by atoms with E-state index < -0.39 is 0 Å². The maximum absolute atomic E-state index is 6.02. The van der Waals surface area contributed by atoms with Crippen LogP contribution in [0, 0.1) is 0 Å². The predicted octanol–water partition coefficient (Wildman–Crippen LogP) is 2.69. The van der Waals surface area contributed by atoms with Crippen molar-refractivity contribution in [3.8, 4) is 0 Å². The quantitative estimate of drug-likeness (QED) is 0.784. The van der Waals surface area contributed by atoms with E-state index in [9.17, 15) is 0 Å². The molecule has 1 aromatic carbocycles. The monoisotopic (exact) mass is 262 g/mol. The van der Waals surface area contributed by atoms with Gasteiger partial charge in [-0.05, 0) is 45.6 Å². The molecular formula is C15H23BO3. The molecule has 3 nitrogen and oxygen atoms in total. The fraction of sp³-hybridized carbons (Fsp3) is 0.600. The van der Waals surface area contributed by atoms with Gasteiger partial charge < -0.3 is 14.0 Å². The third-order valence-electron chi connectivity index (χ3n) is 4.28. The Morgan fingerprint density at radius 1 is 1.00 bits per heavy atom. The molecule has 0 aromatic heterocycles. The van der Waals surface area contributed by atoms with Gasteiger partial charge in [0, 0.05) is 7.11 Å². The molecule has 0 unspecified atom stereocenters. The van der Waals surface area contributed by atoms with Gasteiger partial charge in [0.25, 0.3) is 0 Å². The fourth-order valence-corrected chi connectivity index (χ4v) is 2.04. The van der Waals surface area contributed by atoms with Crippen molar-refractivity contribution >= 4 is 12.6 Å². The minimum atomic E-state index is -0.295. The van der Waals surface area contributed by atoms with E-state index in [1.807, 2.05) is 19.1 Å². The van der Waals surface area contributed by atoms with Gasteiger partial charge in [-0.15, -0.1) is 0 Å². The minimum Gasteiger partial charge on any atom is -0.399 e. The molecule has 2 rings (SSSR count). The summed E-state index contributed by atoms with van der Waals surface area (Å²) < 4.78 is 17.4. The van der Waals surface area contributed by atoms with Gasteiger partial charge in [0.05, 0.1) is 17.3 Å². The van der Waals surface area contributed by atoms with Crippen LogP contribution < -0.4 is 5.46 Å². The minimum absolute atomic E-state index is 0.104. The molecule has 0 saturated carbocycles. The number of hydrogen-bond acceptors (Lipinski definition) is 3. The van der Waals surface area contributed by atoms with Crippen LogP contribution in [0.3, 0.4) is 0 Å². The summed E-state index contributed by atoms with van der Waals surface area (Å²) in [5.41, 5.74) is 1.61. The van der Waals surface area contributed by atoms with Crippen molar-refractivity contribution in [1.29, 1.82) is 0 Å². The molecule has 0 spiro atoms. The van der Waals surface area contributed by atoms with Crippen molar-refractivity contribution in [2.75, 3.05) is 7.11 Å². The largest absolute Gasteiger partial charge is 0.494 e. The standard InChI is InChI=1S/C15H23BO3/c1-11(17-6)12-7-9-13(10-8-12)16-18-14(2,3)15(4,5)19-16/h7-11H,1-6H3/t11-/m1/s1. The van der Waals surface area contributed by atoms with Gasteiger partial charge in [-0.1, -0.05) is 24.3 Å². The lowest BCUT2D eigenvalue weighted by molar-refractivity contribution is 0.00578. The molecule has 0 radical (unpaired) electrons. The average molecular weight is 262 g/mol. The van der Waals surface area contributed by atoms with E-state index in [0.29, 0.717) is 0 Å². The molecule has 0 N–H and O–H groups in total. The smallest absolute Gasteiger partial charge is 0.399 e. The molecule has 1 fully saturated rings. The maximum atomic E-state index is 6.02. The first-order valence-electron chi connectivity index (χ1n) is 6.75. The Morgan fingerprint density at radius 3 is 1.89 bits per heavy atom. The lowest BCUT2D eigenvalue weighted by Gasteiger charge is -2.32. The molecule has 4 heteroatoms. The number of ether oxygens (including phenoxy) is 1. The fourth-order valence-electron chi connectivity index (χ4n) is 2.04. The molecule has 19 heavy (non-hydrogen) atoms. The summed E-state index contributed by atoms with van der Waals surface area (Å²) in [7, 11) is 1.42. The van der Waals surface area contributed by atoms with E-state index in [0.717, 1.165) is 11.0 Å². The topological polar surface area (TPSA) is 27.7 Å². The highest BCUT2D eigenvalue weighted by molar-refractivity contribution is 6.62. The number of rotatable bonds is 3. The second-order valence-electron chi connectivity index (χ2n) is 6.13. The number of benzene rings is 1. The average Bonchev–Trinajstić information content (AvgIpc) is 2.58. The Hall–Kier alpha value is -0.835. The molecule has 1 heterocycles. The van der Waals surface area contributed by atoms with Gasteiger partial charge >= 0.3 is 7.12 Å². The first kappa shape index (κ1) is 14.6. The summed E-state index contributed by atoms with van der Waals surface area (Å²) in [4.78, 5) is 0. The molecule has 0 amide bonds. The molecular weight excluding hydrogens is 239 g/mol. The van der Waals surface area contributed by atoms with E-state index in [-0.39, 0.29) is 24.4 Å². The Labute approximate surface area is 116 Å². The molecule has 104 valence electrons. The van der Waals surface area contributed by atoms with E-state index in [1.165, 1.54) is 0 Å². The first-order chi connectivity index (χ1) is 8.77. The van der Waals surface area contributed by atoms with Gasteiger partial charge in [0.15, 0.2) is 0 Å². The van der Waals surface area contributed by atoms with Crippen molar-refractivity contribution in [2.24, 2.45) is 0 Å². The van der Waals surface area contributed by atoms with Gasteiger partial charge in [-0.25, -0.2) is 0 Å². The van der Waals surface area contributed by atoms with Crippen LogP contribution in [0.15, 0.2) is 24.3 Å². The molecule has 0 bridgehead atoms. The third kappa shape index (κ3) is 2.71. The molecule has 1 aromatic rings. The van der Waals surface area contributed by atoms with Crippen LogP contribution in [0.5, 0.6) is 0 Å². The second-order valence-corrected chi connectivity index (χ2v) is 6.13. The lowest BCUT2D eigenvalue weighted by Crippen LogP contribution is -2.41. The maximum Gasteiger partial charge on any atom is 0.494 e. The van der Waals surface area contributed by atoms with Crippen molar-refractivity contribution in [2.45, 2.75) is 51.9 Å². The first-order valence-corrected chi connectivity index (χ1v) is 6.75. The van der Waals surface area contributed by atoms with Gasteiger partial charge in [-0.3, -0.25) is 0 Å². The third-order valence-corrected chi connectivity index (χ3v) is 4.28. The van der Waals surface area contributed by atoms with Crippen molar-refractivity contribution in [3.63, 3.8) is 0 Å². The van der Waals surface area contributed by atoms with Crippen molar-refractivity contribution < 1.29 is 14.0 Å². The van der Waals surface area contributed by atoms with Gasteiger partial charge in [0.1, 0.15) is 0 Å². The summed E-state index contributed by atoms with van der Waals surface area (Å²) in [6, 6.07) is 8.23. The van der Waals surface area contributed by atoms with Crippen LogP contribution in [0.1, 0.15) is 46.3 Å². The molecule has 1 aliphatic rings. The van der Waals surface area contributed by atoms with Crippen LogP contribution >= 0.6 is 0 Å². The van der Waals surface area contributed by atoms with E-state index in [4.69, 9.17) is 14.0 Å². The predicted molar refractivity (Wildman–Crippen MR) is 77.6 cm³/mol.